The van der Waals surface area contributed by atoms with Crippen LogP contribution in [0.1, 0.15) is 39.6 Å². The normalized spacial score (nSPS) is 20.5. The minimum Gasteiger partial charge on any atom is -0.349 e. The second-order valence-electron chi connectivity index (χ2n) is 5.59. The fraction of sp³-hybridized carbons (Fsp3) is 0.312. The molecule has 0 bridgehead atoms. The zero-order valence-corrected chi connectivity index (χ0v) is 13.0. The van der Waals surface area contributed by atoms with Gasteiger partial charge in [0.25, 0.3) is 5.91 Å². The van der Waals surface area contributed by atoms with Gasteiger partial charge in [-0.2, -0.15) is 13.2 Å². The Labute approximate surface area is 138 Å². The van der Waals surface area contributed by atoms with E-state index in [1.807, 2.05) is 0 Å². The second kappa shape index (κ2) is 6.16. The van der Waals surface area contributed by atoms with Gasteiger partial charge in [0.15, 0.2) is 0 Å². The molecule has 1 N–H and O–H groups in total. The van der Waals surface area contributed by atoms with Crippen molar-refractivity contribution in [3.05, 3.63) is 57.3 Å². The lowest BCUT2D eigenvalue weighted by Gasteiger charge is -2.37. The molecule has 0 aliphatic heterocycles. The van der Waals surface area contributed by atoms with Crippen LogP contribution in [0.2, 0.25) is 0 Å². The number of nitrogens with one attached hydrogen (secondary N) is 1. The summed E-state index contributed by atoms with van der Waals surface area (Å²) in [5.41, 5.74) is -0.174. The van der Waals surface area contributed by atoms with Crippen molar-refractivity contribution in [3.8, 4) is 0 Å². The molecule has 1 aromatic carbocycles. The van der Waals surface area contributed by atoms with Gasteiger partial charge in [-0.25, -0.2) is 8.78 Å². The maximum atomic E-state index is 13.8. The molecule has 1 aliphatic rings. The number of alkyl halides is 3. The summed E-state index contributed by atoms with van der Waals surface area (Å²) in [4.78, 5) is 11.2. The number of halogens is 5. The first-order valence-corrected chi connectivity index (χ1v) is 8.06. The SMILES string of the molecule is O=C(N[C@H]1CC[C@H]1c1ccc(F)cc1F)c1ccsc1C(F)(F)F. The number of benzene rings is 1. The third kappa shape index (κ3) is 3.15. The summed E-state index contributed by atoms with van der Waals surface area (Å²) in [5.74, 6) is -2.63. The number of rotatable bonds is 3. The largest absolute Gasteiger partial charge is 0.426 e. The van der Waals surface area contributed by atoms with E-state index in [1.165, 1.54) is 11.4 Å². The lowest BCUT2D eigenvalue weighted by molar-refractivity contribution is -0.134. The van der Waals surface area contributed by atoms with E-state index in [-0.39, 0.29) is 11.5 Å². The van der Waals surface area contributed by atoms with Crippen LogP contribution in [0.4, 0.5) is 22.0 Å². The van der Waals surface area contributed by atoms with Crippen molar-refractivity contribution in [2.24, 2.45) is 0 Å². The first-order chi connectivity index (χ1) is 11.3. The Morgan fingerprint density at radius 2 is 1.92 bits per heavy atom. The van der Waals surface area contributed by atoms with Gasteiger partial charge in [-0.1, -0.05) is 6.07 Å². The molecule has 0 spiro atoms. The molecule has 1 aromatic heterocycles. The highest BCUT2D eigenvalue weighted by molar-refractivity contribution is 7.10. The Kier molecular flexibility index (Phi) is 4.33. The minimum atomic E-state index is -4.59. The van der Waals surface area contributed by atoms with Crippen LogP contribution in [0.3, 0.4) is 0 Å². The molecule has 24 heavy (non-hydrogen) atoms. The molecule has 2 atom stereocenters. The van der Waals surface area contributed by atoms with Crippen LogP contribution in [0.25, 0.3) is 0 Å². The fourth-order valence-electron chi connectivity index (χ4n) is 2.80. The van der Waals surface area contributed by atoms with E-state index in [0.29, 0.717) is 24.2 Å². The minimum absolute atomic E-state index is 0.259. The van der Waals surface area contributed by atoms with Gasteiger partial charge in [0.05, 0.1) is 5.56 Å². The summed E-state index contributed by atoms with van der Waals surface area (Å²) in [6, 6.07) is 3.83. The highest BCUT2D eigenvalue weighted by Gasteiger charge is 2.39. The number of carbonyl (C=O) groups excluding carboxylic acids is 1. The molecule has 1 aliphatic carbocycles. The molecule has 8 heteroatoms. The molecule has 1 saturated carbocycles. The van der Waals surface area contributed by atoms with Gasteiger partial charge in [-0.3, -0.25) is 4.79 Å². The molecule has 0 saturated heterocycles. The van der Waals surface area contributed by atoms with Crippen LogP contribution >= 0.6 is 11.3 Å². The Morgan fingerprint density at radius 1 is 1.17 bits per heavy atom. The van der Waals surface area contributed by atoms with Crippen molar-refractivity contribution in [2.75, 3.05) is 0 Å². The lowest BCUT2D eigenvalue weighted by Crippen LogP contribution is -2.45. The van der Waals surface area contributed by atoms with Crippen LogP contribution in [0, 0.1) is 11.6 Å². The van der Waals surface area contributed by atoms with Crippen molar-refractivity contribution in [1.82, 2.24) is 5.32 Å². The van der Waals surface area contributed by atoms with Crippen molar-refractivity contribution in [2.45, 2.75) is 31.0 Å². The van der Waals surface area contributed by atoms with E-state index in [2.05, 4.69) is 5.32 Å². The summed E-state index contributed by atoms with van der Waals surface area (Å²) in [7, 11) is 0. The second-order valence-corrected chi connectivity index (χ2v) is 6.51. The van der Waals surface area contributed by atoms with Gasteiger partial charge in [0.1, 0.15) is 16.5 Å². The number of hydrogen-bond acceptors (Lipinski definition) is 2. The standard InChI is InChI=1S/C16H12F5NOS/c17-8-1-2-9(12(18)7-8)10-3-4-13(10)22-15(23)11-5-6-24-14(11)16(19,20)21/h1-2,5-7,10,13H,3-4H2,(H,22,23)/t10-,13-/m0/s1. The Morgan fingerprint density at radius 3 is 2.50 bits per heavy atom. The molecule has 1 heterocycles. The summed E-state index contributed by atoms with van der Waals surface area (Å²) < 4.78 is 65.4. The molecule has 1 amide bonds. The van der Waals surface area contributed by atoms with Crippen molar-refractivity contribution in [3.63, 3.8) is 0 Å². The third-order valence-electron chi connectivity index (χ3n) is 4.12. The molecule has 2 aromatic rings. The summed E-state index contributed by atoms with van der Waals surface area (Å²) in [6.45, 7) is 0. The zero-order valence-electron chi connectivity index (χ0n) is 12.2. The Hall–Kier alpha value is -1.96. The molecule has 3 rings (SSSR count). The van der Waals surface area contributed by atoms with Crippen molar-refractivity contribution >= 4 is 17.2 Å². The van der Waals surface area contributed by atoms with Gasteiger partial charge < -0.3 is 5.32 Å². The molecule has 128 valence electrons. The van der Waals surface area contributed by atoms with Crippen molar-refractivity contribution in [1.29, 1.82) is 0 Å². The Balaban J connectivity index is 1.75. The lowest BCUT2D eigenvalue weighted by atomic mass is 9.74. The highest BCUT2D eigenvalue weighted by atomic mass is 32.1. The maximum absolute atomic E-state index is 13.8. The van der Waals surface area contributed by atoms with E-state index in [9.17, 15) is 26.7 Å². The topological polar surface area (TPSA) is 29.1 Å². The van der Waals surface area contributed by atoms with E-state index in [4.69, 9.17) is 0 Å². The molecule has 0 unspecified atom stereocenters. The smallest absolute Gasteiger partial charge is 0.349 e. The van der Waals surface area contributed by atoms with E-state index >= 15 is 0 Å². The van der Waals surface area contributed by atoms with Crippen LogP contribution in [-0.4, -0.2) is 11.9 Å². The third-order valence-corrected chi connectivity index (χ3v) is 5.08. The van der Waals surface area contributed by atoms with Gasteiger partial charge in [0.2, 0.25) is 0 Å². The zero-order chi connectivity index (χ0) is 17.5. The molecular formula is C16H12F5NOS. The van der Waals surface area contributed by atoms with Crippen LogP contribution < -0.4 is 5.32 Å². The van der Waals surface area contributed by atoms with Crippen molar-refractivity contribution < 1.29 is 26.7 Å². The fourth-order valence-corrected chi connectivity index (χ4v) is 3.56. The predicted molar refractivity (Wildman–Crippen MR) is 78.9 cm³/mol. The first kappa shape index (κ1) is 16.9. The van der Waals surface area contributed by atoms with Crippen LogP contribution in [0.15, 0.2) is 29.6 Å². The molecular weight excluding hydrogens is 349 g/mol. The van der Waals surface area contributed by atoms with E-state index in [1.54, 1.807) is 0 Å². The molecule has 2 nitrogen and oxygen atoms in total. The van der Waals surface area contributed by atoms with Crippen LogP contribution in [0.5, 0.6) is 0 Å². The predicted octanol–water partition coefficient (Wildman–Crippen LogP) is 4.72. The van der Waals surface area contributed by atoms with Gasteiger partial charge in [-0.15, -0.1) is 11.3 Å². The average molecular weight is 361 g/mol. The van der Waals surface area contributed by atoms with Crippen LogP contribution in [-0.2, 0) is 6.18 Å². The summed E-state index contributed by atoms with van der Waals surface area (Å²) in [6.07, 6.45) is -3.50. The first-order valence-electron chi connectivity index (χ1n) is 7.18. The number of amides is 1. The molecule has 0 radical (unpaired) electrons. The van der Waals surface area contributed by atoms with E-state index < -0.39 is 40.2 Å². The van der Waals surface area contributed by atoms with Gasteiger partial charge in [-0.05, 0) is 35.9 Å². The average Bonchev–Trinajstić information content (AvgIpc) is 2.96. The Bertz CT molecular complexity index is 770. The number of thiophene rings is 1. The van der Waals surface area contributed by atoms with Gasteiger partial charge >= 0.3 is 6.18 Å². The number of carbonyl (C=O) groups is 1. The number of hydrogen-bond donors (Lipinski definition) is 1. The van der Waals surface area contributed by atoms with E-state index in [0.717, 1.165) is 18.2 Å². The van der Waals surface area contributed by atoms with Gasteiger partial charge in [0, 0.05) is 18.0 Å². The summed E-state index contributed by atoms with van der Waals surface area (Å²) >= 11 is 0.451. The maximum Gasteiger partial charge on any atom is 0.426 e. The molecule has 1 fully saturated rings. The quantitative estimate of drug-likeness (QED) is 0.788. The highest BCUT2D eigenvalue weighted by Crippen LogP contribution is 2.40. The summed E-state index contributed by atoms with van der Waals surface area (Å²) in [5, 5.41) is 3.73. The monoisotopic (exact) mass is 361 g/mol.